The molecule has 0 radical (unpaired) electrons. The smallest absolute Gasteiger partial charge is 0.366 e. The number of anilines is 1. The Balaban J connectivity index is 2.07. The van der Waals surface area contributed by atoms with Gasteiger partial charge in [0.15, 0.2) is 0 Å². The van der Waals surface area contributed by atoms with Crippen LogP contribution in [0.1, 0.15) is 16.8 Å². The molecule has 1 atom stereocenters. The molecule has 1 aliphatic rings. The Kier molecular flexibility index (Phi) is 3.79. The molecule has 2 heterocycles. The van der Waals surface area contributed by atoms with Gasteiger partial charge < -0.3 is 5.73 Å². The van der Waals surface area contributed by atoms with Crippen LogP contribution in [0.3, 0.4) is 0 Å². The van der Waals surface area contributed by atoms with E-state index in [0.717, 1.165) is 4.90 Å². The van der Waals surface area contributed by atoms with Gasteiger partial charge in [0.1, 0.15) is 11.7 Å². The van der Waals surface area contributed by atoms with Gasteiger partial charge in [0.2, 0.25) is 5.91 Å². The molecule has 0 aliphatic carbocycles. The van der Waals surface area contributed by atoms with Crippen LogP contribution in [0.2, 0.25) is 0 Å². The topological polar surface area (TPSA) is 76.3 Å². The number of pyridine rings is 1. The van der Waals surface area contributed by atoms with E-state index in [1.807, 2.05) is 0 Å². The molecule has 2 aromatic rings. The van der Waals surface area contributed by atoms with Gasteiger partial charge in [-0.05, 0) is 30.2 Å². The van der Waals surface area contributed by atoms with Crippen LogP contribution in [0.4, 0.5) is 14.5 Å². The molecule has 7 heteroatoms. The number of aromatic nitrogens is 1. The van der Waals surface area contributed by atoms with Crippen molar-refractivity contribution in [3.63, 3.8) is 0 Å². The molecule has 0 fully saturated rings. The number of nitrogens with two attached hydrogens (primary N) is 1. The van der Waals surface area contributed by atoms with E-state index >= 15 is 0 Å². The summed E-state index contributed by atoms with van der Waals surface area (Å²) < 4.78 is 29.6. The molecular formula is C17H15F2N3O2. The first-order chi connectivity index (χ1) is 11.3. The fourth-order valence-corrected chi connectivity index (χ4v) is 2.93. The van der Waals surface area contributed by atoms with Crippen molar-refractivity contribution >= 4 is 17.5 Å². The number of para-hydroxylation sites is 1. The summed E-state index contributed by atoms with van der Waals surface area (Å²) in [6.45, 7) is 1.45. The molecular weight excluding hydrogens is 316 g/mol. The molecule has 0 unspecified atom stereocenters. The van der Waals surface area contributed by atoms with Gasteiger partial charge in [-0.25, -0.2) is 0 Å². The van der Waals surface area contributed by atoms with Crippen molar-refractivity contribution in [2.24, 2.45) is 5.73 Å². The number of halogens is 2. The van der Waals surface area contributed by atoms with Gasteiger partial charge in [-0.1, -0.05) is 24.3 Å². The van der Waals surface area contributed by atoms with Crippen LogP contribution >= 0.6 is 0 Å². The van der Waals surface area contributed by atoms with Gasteiger partial charge in [-0.3, -0.25) is 19.5 Å². The van der Waals surface area contributed by atoms with Gasteiger partial charge in [-0.15, -0.1) is 0 Å². The molecule has 0 bridgehead atoms. The number of hydrogen-bond acceptors (Lipinski definition) is 3. The van der Waals surface area contributed by atoms with E-state index < -0.39 is 29.5 Å². The number of benzene rings is 1. The van der Waals surface area contributed by atoms with Crippen LogP contribution in [-0.2, 0) is 21.9 Å². The molecule has 1 aromatic carbocycles. The first-order valence-electron chi connectivity index (χ1n) is 7.35. The fourth-order valence-electron chi connectivity index (χ4n) is 2.93. The van der Waals surface area contributed by atoms with Gasteiger partial charge in [0.05, 0.1) is 0 Å². The molecule has 0 saturated carbocycles. The summed E-state index contributed by atoms with van der Waals surface area (Å²) in [5.41, 5.74) is 5.80. The quantitative estimate of drug-likeness (QED) is 0.933. The van der Waals surface area contributed by atoms with E-state index in [-0.39, 0.29) is 17.7 Å². The van der Waals surface area contributed by atoms with E-state index in [1.54, 1.807) is 18.2 Å². The van der Waals surface area contributed by atoms with Crippen LogP contribution in [0.25, 0.3) is 0 Å². The summed E-state index contributed by atoms with van der Waals surface area (Å²) in [6.07, 6.45) is 1.32. The monoisotopic (exact) mass is 331 g/mol. The van der Waals surface area contributed by atoms with Crippen LogP contribution in [0, 0.1) is 6.92 Å². The zero-order chi connectivity index (χ0) is 17.5. The lowest BCUT2D eigenvalue weighted by Gasteiger charge is -2.27. The number of amides is 2. The summed E-state index contributed by atoms with van der Waals surface area (Å²) in [5.74, 6) is -6.19. The van der Waals surface area contributed by atoms with Gasteiger partial charge in [0.25, 0.3) is 0 Å². The van der Waals surface area contributed by atoms with Crippen LogP contribution in [0.15, 0.2) is 42.6 Å². The van der Waals surface area contributed by atoms with Crippen molar-refractivity contribution in [1.29, 1.82) is 0 Å². The Labute approximate surface area is 137 Å². The van der Waals surface area contributed by atoms with Crippen LogP contribution < -0.4 is 10.6 Å². The summed E-state index contributed by atoms with van der Waals surface area (Å²) in [4.78, 5) is 28.8. The van der Waals surface area contributed by atoms with Crippen LogP contribution in [0.5, 0.6) is 0 Å². The first-order valence-corrected chi connectivity index (χ1v) is 7.35. The maximum Gasteiger partial charge on any atom is 0.366 e. The lowest BCUT2D eigenvalue weighted by molar-refractivity contribution is -0.145. The highest BCUT2D eigenvalue weighted by molar-refractivity contribution is 6.06. The largest absolute Gasteiger partial charge is 0.368 e. The second-order valence-corrected chi connectivity index (χ2v) is 5.67. The third kappa shape index (κ3) is 2.42. The average Bonchev–Trinajstić information content (AvgIpc) is 2.94. The summed E-state index contributed by atoms with van der Waals surface area (Å²) in [6, 6.07) is 8.37. The Hall–Kier alpha value is -2.83. The highest BCUT2D eigenvalue weighted by atomic mass is 19.3. The van der Waals surface area contributed by atoms with Crippen molar-refractivity contribution in [2.75, 3.05) is 4.90 Å². The lowest BCUT2D eigenvalue weighted by Crippen LogP contribution is -2.51. The number of alkyl halides is 2. The Bertz CT molecular complexity index is 823. The maximum atomic E-state index is 14.8. The summed E-state index contributed by atoms with van der Waals surface area (Å²) in [7, 11) is 0. The predicted octanol–water partition coefficient (Wildman–Crippen LogP) is 1.93. The number of hydrogen-bond donors (Lipinski definition) is 1. The normalized spacial score (nSPS) is 16.8. The second-order valence-electron chi connectivity index (χ2n) is 5.67. The molecule has 24 heavy (non-hydrogen) atoms. The molecule has 0 spiro atoms. The molecule has 124 valence electrons. The second kappa shape index (κ2) is 5.67. The van der Waals surface area contributed by atoms with E-state index in [2.05, 4.69) is 4.98 Å². The Morgan fingerprint density at radius 3 is 2.62 bits per heavy atom. The number of aryl methyl sites for hydroxylation is 1. The number of rotatable bonds is 3. The standard InChI is InChI=1S/C17H15F2N3O2/c1-10-5-4-8-21-14(10)17(18,19)16(24)22-12-7-3-2-6-11(12)9-13(22)15(20)23/h2-8,13H,9H2,1H3,(H2,20,23)/t13-/m0/s1. The van der Waals surface area contributed by atoms with Crippen LogP contribution in [-0.4, -0.2) is 22.8 Å². The Morgan fingerprint density at radius 1 is 1.25 bits per heavy atom. The van der Waals surface area contributed by atoms with Crippen molar-refractivity contribution in [1.82, 2.24) is 4.98 Å². The van der Waals surface area contributed by atoms with E-state index in [4.69, 9.17) is 5.73 Å². The van der Waals surface area contributed by atoms with Gasteiger partial charge in [0, 0.05) is 18.3 Å². The third-order valence-corrected chi connectivity index (χ3v) is 4.10. The lowest BCUT2D eigenvalue weighted by atomic mass is 10.1. The number of carbonyl (C=O) groups excluding carboxylic acids is 2. The molecule has 1 aromatic heterocycles. The molecule has 1 aliphatic heterocycles. The summed E-state index contributed by atoms with van der Waals surface area (Å²) in [5, 5.41) is 0. The summed E-state index contributed by atoms with van der Waals surface area (Å²) >= 11 is 0. The third-order valence-electron chi connectivity index (χ3n) is 4.10. The highest BCUT2D eigenvalue weighted by Gasteiger charge is 2.51. The highest BCUT2D eigenvalue weighted by Crippen LogP contribution is 2.38. The van der Waals surface area contributed by atoms with Crippen molar-refractivity contribution in [3.8, 4) is 0 Å². The minimum Gasteiger partial charge on any atom is -0.368 e. The fraction of sp³-hybridized carbons (Fsp3) is 0.235. The zero-order valence-electron chi connectivity index (χ0n) is 12.9. The predicted molar refractivity (Wildman–Crippen MR) is 83.5 cm³/mol. The number of fused-ring (bicyclic) bond motifs is 1. The van der Waals surface area contributed by atoms with Gasteiger partial charge >= 0.3 is 11.8 Å². The van der Waals surface area contributed by atoms with Crippen molar-refractivity contribution < 1.29 is 18.4 Å². The van der Waals surface area contributed by atoms with Gasteiger partial charge in [-0.2, -0.15) is 8.78 Å². The molecule has 2 amide bonds. The zero-order valence-corrected chi connectivity index (χ0v) is 12.9. The maximum absolute atomic E-state index is 14.8. The van der Waals surface area contributed by atoms with E-state index in [1.165, 1.54) is 31.3 Å². The SMILES string of the molecule is Cc1cccnc1C(F)(F)C(=O)N1c2ccccc2C[C@H]1C(N)=O. The minimum atomic E-state index is -3.86. The van der Waals surface area contributed by atoms with E-state index in [0.29, 0.717) is 5.56 Å². The van der Waals surface area contributed by atoms with E-state index in [9.17, 15) is 18.4 Å². The first kappa shape index (κ1) is 16.0. The molecule has 5 nitrogen and oxygen atoms in total. The average molecular weight is 331 g/mol. The molecule has 0 saturated heterocycles. The number of primary amides is 1. The number of nitrogens with zero attached hydrogens (tertiary/aromatic N) is 2. The Morgan fingerprint density at radius 2 is 1.96 bits per heavy atom. The van der Waals surface area contributed by atoms with Crippen molar-refractivity contribution in [3.05, 3.63) is 59.4 Å². The molecule has 2 N–H and O–H groups in total. The minimum absolute atomic E-state index is 0.120. The number of carbonyl (C=O) groups is 2. The van der Waals surface area contributed by atoms with Crippen molar-refractivity contribution in [2.45, 2.75) is 25.3 Å². The molecule has 3 rings (SSSR count).